The Kier molecular flexibility index (Phi) is 7.06. The molecule has 7 heteroatoms. The number of pyridine rings is 1. The molecule has 4 aromatic rings. The van der Waals surface area contributed by atoms with Gasteiger partial charge in [-0.1, -0.05) is 36.4 Å². The average molecular weight is 498 g/mol. The Morgan fingerprint density at radius 1 is 1.14 bits per heavy atom. The summed E-state index contributed by atoms with van der Waals surface area (Å²) >= 11 is 0. The van der Waals surface area contributed by atoms with Crippen LogP contribution in [0.3, 0.4) is 0 Å². The molecule has 7 nitrogen and oxygen atoms in total. The Morgan fingerprint density at radius 3 is 2.70 bits per heavy atom. The lowest BCUT2D eigenvalue weighted by Gasteiger charge is -2.20. The summed E-state index contributed by atoms with van der Waals surface area (Å²) in [4.78, 5) is 30.7. The number of aromatic nitrogens is 1. The lowest BCUT2D eigenvalue weighted by molar-refractivity contribution is 0.0941. The molecule has 0 saturated carbocycles. The van der Waals surface area contributed by atoms with Crippen molar-refractivity contribution in [2.75, 3.05) is 25.1 Å². The summed E-state index contributed by atoms with van der Waals surface area (Å²) < 4.78 is 11.8. The molecule has 3 heterocycles. The predicted molar refractivity (Wildman–Crippen MR) is 145 cm³/mol. The summed E-state index contributed by atoms with van der Waals surface area (Å²) in [6, 6.07) is 16.9. The minimum atomic E-state index is -0.268. The highest BCUT2D eigenvalue weighted by Gasteiger charge is 2.22. The lowest BCUT2D eigenvalue weighted by atomic mass is 9.98. The molecule has 0 spiro atoms. The van der Waals surface area contributed by atoms with Crippen molar-refractivity contribution in [3.05, 3.63) is 93.4 Å². The van der Waals surface area contributed by atoms with Crippen LogP contribution in [0.15, 0.2) is 70.0 Å². The molecule has 2 atom stereocenters. The van der Waals surface area contributed by atoms with Gasteiger partial charge < -0.3 is 19.8 Å². The third-order valence-corrected chi connectivity index (χ3v) is 6.86. The SMILES string of the molecule is Cc1cc(C(C)Nc2cccnc2C(=O)NC[C@@H]2CCOC2)c2oc(-c3ccccc3)c(C)c(=O)c2c1. The number of fused-ring (bicyclic) bond motifs is 1. The Morgan fingerprint density at radius 2 is 1.95 bits per heavy atom. The fourth-order valence-electron chi connectivity index (χ4n) is 4.83. The average Bonchev–Trinajstić information content (AvgIpc) is 3.44. The number of hydrogen-bond acceptors (Lipinski definition) is 6. The van der Waals surface area contributed by atoms with E-state index in [4.69, 9.17) is 9.15 Å². The molecule has 5 rings (SSSR count). The van der Waals surface area contributed by atoms with Crippen molar-refractivity contribution in [3.8, 4) is 11.3 Å². The molecule has 2 aromatic heterocycles. The monoisotopic (exact) mass is 497 g/mol. The zero-order valence-corrected chi connectivity index (χ0v) is 21.3. The molecule has 2 aromatic carbocycles. The number of carbonyl (C=O) groups excluding carboxylic acids is 1. The van der Waals surface area contributed by atoms with E-state index in [9.17, 15) is 9.59 Å². The summed E-state index contributed by atoms with van der Waals surface area (Å²) in [5.74, 6) is 0.657. The highest BCUT2D eigenvalue weighted by Crippen LogP contribution is 2.32. The van der Waals surface area contributed by atoms with Crippen LogP contribution in [-0.4, -0.2) is 30.6 Å². The van der Waals surface area contributed by atoms with Crippen molar-refractivity contribution in [2.24, 2.45) is 5.92 Å². The van der Waals surface area contributed by atoms with Gasteiger partial charge in [-0.2, -0.15) is 0 Å². The first-order valence-electron chi connectivity index (χ1n) is 12.6. The van der Waals surface area contributed by atoms with E-state index in [1.54, 1.807) is 19.2 Å². The smallest absolute Gasteiger partial charge is 0.272 e. The number of nitrogens with zero attached hydrogens (tertiary/aromatic N) is 1. The molecule has 1 unspecified atom stereocenters. The van der Waals surface area contributed by atoms with Crippen molar-refractivity contribution in [2.45, 2.75) is 33.2 Å². The van der Waals surface area contributed by atoms with Gasteiger partial charge in [0.1, 0.15) is 11.3 Å². The molecule has 2 N–H and O–H groups in total. The van der Waals surface area contributed by atoms with E-state index in [1.165, 1.54) is 0 Å². The number of ether oxygens (including phenoxy) is 1. The minimum absolute atomic E-state index is 0.0467. The van der Waals surface area contributed by atoms with Gasteiger partial charge in [0.25, 0.3) is 5.91 Å². The summed E-state index contributed by atoms with van der Waals surface area (Å²) in [6.45, 7) is 7.71. The molecule has 1 saturated heterocycles. The Labute approximate surface area is 215 Å². The first kappa shape index (κ1) is 24.7. The van der Waals surface area contributed by atoms with Crippen molar-refractivity contribution >= 4 is 22.6 Å². The van der Waals surface area contributed by atoms with Crippen LogP contribution in [-0.2, 0) is 4.74 Å². The van der Waals surface area contributed by atoms with Gasteiger partial charge in [0.2, 0.25) is 0 Å². The lowest BCUT2D eigenvalue weighted by Crippen LogP contribution is -2.30. The largest absolute Gasteiger partial charge is 0.455 e. The van der Waals surface area contributed by atoms with Crippen molar-refractivity contribution in [1.29, 1.82) is 0 Å². The minimum Gasteiger partial charge on any atom is -0.455 e. The summed E-state index contributed by atoms with van der Waals surface area (Å²) in [5, 5.41) is 6.97. The van der Waals surface area contributed by atoms with E-state index < -0.39 is 0 Å². The Hall–Kier alpha value is -3.97. The van der Waals surface area contributed by atoms with E-state index in [0.29, 0.717) is 52.7 Å². The number of benzene rings is 2. The first-order valence-corrected chi connectivity index (χ1v) is 12.6. The van der Waals surface area contributed by atoms with Gasteiger partial charge in [-0.15, -0.1) is 0 Å². The maximum atomic E-state index is 13.4. The summed E-state index contributed by atoms with van der Waals surface area (Å²) in [5.41, 5.74) is 4.65. The quantitative estimate of drug-likeness (QED) is 0.355. The van der Waals surface area contributed by atoms with Gasteiger partial charge in [0.15, 0.2) is 11.1 Å². The summed E-state index contributed by atoms with van der Waals surface area (Å²) in [7, 11) is 0. The Balaban J connectivity index is 1.49. The number of nitrogens with one attached hydrogen (secondary N) is 2. The topological polar surface area (TPSA) is 93.5 Å². The van der Waals surface area contributed by atoms with Crippen LogP contribution in [0.2, 0.25) is 0 Å². The third-order valence-electron chi connectivity index (χ3n) is 6.86. The summed E-state index contributed by atoms with van der Waals surface area (Å²) in [6.07, 6.45) is 2.56. The van der Waals surface area contributed by atoms with Crippen LogP contribution in [0.5, 0.6) is 0 Å². The molecule has 1 aliphatic heterocycles. The molecular formula is C30H31N3O4. The number of anilines is 1. The van der Waals surface area contributed by atoms with Gasteiger partial charge in [0.05, 0.1) is 23.7 Å². The van der Waals surface area contributed by atoms with Crippen LogP contribution >= 0.6 is 0 Å². The predicted octanol–water partition coefficient (Wildman–Crippen LogP) is 5.41. The molecular weight excluding hydrogens is 466 g/mol. The van der Waals surface area contributed by atoms with Crippen molar-refractivity contribution in [3.63, 3.8) is 0 Å². The van der Waals surface area contributed by atoms with Crippen molar-refractivity contribution < 1.29 is 13.9 Å². The zero-order chi connectivity index (χ0) is 25.9. The fourth-order valence-corrected chi connectivity index (χ4v) is 4.83. The van der Waals surface area contributed by atoms with Gasteiger partial charge >= 0.3 is 0 Å². The van der Waals surface area contributed by atoms with Gasteiger partial charge in [-0.25, -0.2) is 4.98 Å². The highest BCUT2D eigenvalue weighted by molar-refractivity contribution is 5.97. The zero-order valence-electron chi connectivity index (χ0n) is 21.3. The molecule has 190 valence electrons. The molecule has 1 fully saturated rings. The maximum Gasteiger partial charge on any atom is 0.272 e. The number of aryl methyl sites for hydroxylation is 1. The normalized spacial score (nSPS) is 16.0. The molecule has 1 amide bonds. The standard InChI is InChI=1S/C30H31N3O4/c1-18-14-23(29-24(15-18)27(34)19(2)28(37-29)22-8-5-4-6-9-22)20(3)33-25-10-7-12-31-26(25)30(35)32-16-21-11-13-36-17-21/h4-10,12,14-15,20-21,33H,11,13,16-17H2,1-3H3,(H,32,35)/t20?,21-/m0/s1. The maximum absolute atomic E-state index is 13.4. The van der Waals surface area contributed by atoms with Crippen molar-refractivity contribution in [1.82, 2.24) is 10.3 Å². The second-order valence-electron chi connectivity index (χ2n) is 9.69. The number of rotatable bonds is 7. The Bertz CT molecular complexity index is 1490. The van der Waals surface area contributed by atoms with Gasteiger partial charge in [-0.3, -0.25) is 9.59 Å². The van der Waals surface area contributed by atoms with Crippen LogP contribution in [0.4, 0.5) is 5.69 Å². The number of carbonyl (C=O) groups is 1. The molecule has 0 bridgehead atoms. The second-order valence-corrected chi connectivity index (χ2v) is 9.69. The number of amides is 1. The van der Waals surface area contributed by atoms with Crippen LogP contribution in [0, 0.1) is 19.8 Å². The van der Waals surface area contributed by atoms with E-state index in [1.807, 2.05) is 62.4 Å². The molecule has 1 aliphatic rings. The van der Waals surface area contributed by atoms with Gasteiger partial charge in [0, 0.05) is 42.0 Å². The van der Waals surface area contributed by atoms with E-state index >= 15 is 0 Å². The molecule has 0 aliphatic carbocycles. The third kappa shape index (κ3) is 5.13. The van der Waals surface area contributed by atoms with E-state index in [2.05, 4.69) is 15.6 Å². The van der Waals surface area contributed by atoms with E-state index in [0.717, 1.165) is 29.7 Å². The highest BCUT2D eigenvalue weighted by atomic mass is 16.5. The first-order chi connectivity index (χ1) is 17.9. The molecule has 37 heavy (non-hydrogen) atoms. The van der Waals surface area contributed by atoms with Gasteiger partial charge in [-0.05, 0) is 51.0 Å². The van der Waals surface area contributed by atoms with Crippen LogP contribution in [0.25, 0.3) is 22.3 Å². The second kappa shape index (κ2) is 10.6. The molecule has 0 radical (unpaired) electrons. The fraction of sp³-hybridized carbons (Fsp3) is 0.300. The van der Waals surface area contributed by atoms with E-state index in [-0.39, 0.29) is 17.4 Å². The number of hydrogen-bond donors (Lipinski definition) is 2. The van der Waals surface area contributed by atoms with Crippen LogP contribution < -0.4 is 16.1 Å². The van der Waals surface area contributed by atoms with Crippen LogP contribution in [0.1, 0.15) is 46.6 Å².